The average molecular weight is 442 g/mol. The maximum atomic E-state index is 10.6. The topological polar surface area (TPSA) is 101 Å². The largest absolute Gasteiger partial charge is 0.490 e. The number of aliphatic carboxylic acids is 1. The number of benzene rings is 1. The first kappa shape index (κ1) is 23.2. The number of hydrogen-bond acceptors (Lipinski definition) is 6. The van der Waals surface area contributed by atoms with Gasteiger partial charge >= 0.3 is 12.1 Å². The summed E-state index contributed by atoms with van der Waals surface area (Å²) in [6, 6.07) is 10.3. The van der Waals surface area contributed by atoms with Gasteiger partial charge in [-0.05, 0) is 18.9 Å². The second-order valence-corrected chi connectivity index (χ2v) is 7.54. The van der Waals surface area contributed by atoms with Crippen molar-refractivity contribution >= 4 is 5.97 Å². The molecule has 1 aromatic carbocycles. The van der Waals surface area contributed by atoms with Crippen molar-refractivity contribution in [1.82, 2.24) is 20.1 Å². The number of ether oxygens (including phenoxy) is 2. The predicted octanol–water partition coefficient (Wildman–Crippen LogP) is 2.73. The second-order valence-electron chi connectivity index (χ2n) is 7.54. The molecule has 8 nitrogen and oxygen atoms in total. The molecule has 170 valence electrons. The van der Waals surface area contributed by atoms with E-state index in [-0.39, 0.29) is 6.10 Å². The summed E-state index contributed by atoms with van der Waals surface area (Å²) in [4.78, 5) is 15.7. The molecule has 1 aromatic heterocycles. The van der Waals surface area contributed by atoms with Crippen molar-refractivity contribution in [2.24, 2.45) is 5.92 Å². The van der Waals surface area contributed by atoms with Crippen molar-refractivity contribution in [1.29, 1.82) is 0 Å². The molecule has 0 aliphatic carbocycles. The predicted molar refractivity (Wildman–Crippen MR) is 103 cm³/mol. The molecule has 2 aliphatic heterocycles. The van der Waals surface area contributed by atoms with E-state index < -0.39 is 12.1 Å². The normalized spacial score (nSPS) is 23.3. The number of carbonyl (C=O) groups is 1. The Bertz CT molecular complexity index is 832. The molecule has 2 N–H and O–H groups in total. The fourth-order valence-corrected chi connectivity index (χ4v) is 3.66. The van der Waals surface area contributed by atoms with E-state index in [2.05, 4.69) is 32.2 Å². The van der Waals surface area contributed by atoms with Crippen molar-refractivity contribution in [2.75, 3.05) is 26.2 Å². The number of H-pyrrole nitrogens is 1. The van der Waals surface area contributed by atoms with Crippen molar-refractivity contribution in [3.05, 3.63) is 47.5 Å². The first-order valence-corrected chi connectivity index (χ1v) is 9.91. The Morgan fingerprint density at radius 3 is 2.61 bits per heavy atom. The minimum Gasteiger partial charge on any atom is -0.475 e. The van der Waals surface area contributed by atoms with Crippen molar-refractivity contribution in [3.63, 3.8) is 0 Å². The van der Waals surface area contributed by atoms with Gasteiger partial charge in [0.1, 0.15) is 11.9 Å². The number of nitrogens with one attached hydrogen (secondary N) is 1. The van der Waals surface area contributed by atoms with Crippen LogP contribution < -0.4 is 0 Å². The molecule has 0 radical (unpaired) electrons. The number of likely N-dealkylation sites (tertiary alicyclic amines) is 1. The Hall–Kier alpha value is -2.50. The minimum absolute atomic E-state index is 0.0569. The highest BCUT2D eigenvalue weighted by molar-refractivity contribution is 5.73. The zero-order valence-electron chi connectivity index (χ0n) is 17.0. The highest BCUT2D eigenvalue weighted by Gasteiger charge is 2.43. The molecule has 0 amide bonds. The standard InChI is InChI=1S/C18H24N4O2.C2HF3O2/c1-13-19-18(21-20-13)16-9-15-10-22(11-17(15)24-16)7-8-23-12-14-5-3-2-4-6-14;3-2(4,5)1(6)7/h2-6,15-17H,7-12H2,1H3,(H,19,20,21);(H,6,7)/t15-,16-,17+;/m0./s1. The summed E-state index contributed by atoms with van der Waals surface area (Å²) in [5.74, 6) is -0.516. The van der Waals surface area contributed by atoms with E-state index in [4.69, 9.17) is 19.4 Å². The Balaban J connectivity index is 0.000000339. The molecule has 2 aliphatic rings. The average Bonchev–Trinajstić information content (AvgIpc) is 3.40. The lowest BCUT2D eigenvalue weighted by molar-refractivity contribution is -0.192. The van der Waals surface area contributed by atoms with Crippen molar-refractivity contribution < 1.29 is 32.5 Å². The molecule has 0 spiro atoms. The van der Waals surface area contributed by atoms with E-state index in [1.54, 1.807) is 0 Å². The third kappa shape index (κ3) is 6.74. The summed E-state index contributed by atoms with van der Waals surface area (Å²) >= 11 is 0. The van der Waals surface area contributed by atoms with Crippen LogP contribution >= 0.6 is 0 Å². The third-order valence-corrected chi connectivity index (χ3v) is 5.12. The molecule has 4 rings (SSSR count). The Kier molecular flexibility index (Phi) is 7.63. The van der Waals surface area contributed by atoms with Crippen LogP contribution in [0.25, 0.3) is 0 Å². The van der Waals surface area contributed by atoms with E-state index in [1.807, 2.05) is 25.1 Å². The fourth-order valence-electron chi connectivity index (χ4n) is 3.66. The highest BCUT2D eigenvalue weighted by atomic mass is 19.4. The van der Waals surface area contributed by atoms with Gasteiger partial charge in [-0.15, -0.1) is 0 Å². The summed E-state index contributed by atoms with van der Waals surface area (Å²) in [5, 5.41) is 14.3. The molecule has 0 bridgehead atoms. The van der Waals surface area contributed by atoms with Gasteiger partial charge in [0.05, 0.1) is 19.3 Å². The summed E-state index contributed by atoms with van der Waals surface area (Å²) in [6.45, 7) is 6.40. The molecule has 3 heterocycles. The fraction of sp³-hybridized carbons (Fsp3) is 0.550. The van der Waals surface area contributed by atoms with Crippen LogP contribution in [0.5, 0.6) is 0 Å². The van der Waals surface area contributed by atoms with Crippen LogP contribution in [-0.2, 0) is 20.9 Å². The molecule has 2 saturated heterocycles. The van der Waals surface area contributed by atoms with Gasteiger partial charge in [-0.3, -0.25) is 10.00 Å². The number of alkyl halides is 3. The first-order valence-electron chi connectivity index (χ1n) is 9.91. The monoisotopic (exact) mass is 442 g/mol. The van der Waals surface area contributed by atoms with E-state index >= 15 is 0 Å². The second kappa shape index (κ2) is 10.2. The molecular formula is C20H25F3N4O4. The van der Waals surface area contributed by atoms with Crippen LogP contribution in [0.3, 0.4) is 0 Å². The molecule has 31 heavy (non-hydrogen) atoms. The molecule has 0 saturated carbocycles. The van der Waals surface area contributed by atoms with Gasteiger partial charge in [0.15, 0.2) is 5.82 Å². The summed E-state index contributed by atoms with van der Waals surface area (Å²) in [7, 11) is 0. The van der Waals surface area contributed by atoms with Gasteiger partial charge in [0, 0.05) is 25.6 Å². The van der Waals surface area contributed by atoms with E-state index in [1.165, 1.54) is 5.56 Å². The molecule has 0 unspecified atom stereocenters. The lowest BCUT2D eigenvalue weighted by atomic mass is 10.0. The van der Waals surface area contributed by atoms with E-state index in [0.29, 0.717) is 18.6 Å². The van der Waals surface area contributed by atoms with Crippen LogP contribution in [0.1, 0.15) is 29.7 Å². The number of halogens is 3. The number of rotatable bonds is 6. The molecular weight excluding hydrogens is 417 g/mol. The third-order valence-electron chi connectivity index (χ3n) is 5.12. The van der Waals surface area contributed by atoms with E-state index in [9.17, 15) is 13.2 Å². The number of aromatic amines is 1. The molecule has 2 aromatic rings. The van der Waals surface area contributed by atoms with Crippen LogP contribution in [0.15, 0.2) is 30.3 Å². The maximum Gasteiger partial charge on any atom is 0.490 e. The minimum atomic E-state index is -5.08. The van der Waals surface area contributed by atoms with Crippen LogP contribution in [0, 0.1) is 12.8 Å². The molecule has 2 fully saturated rings. The summed E-state index contributed by atoms with van der Waals surface area (Å²) in [6.07, 6.45) is -3.70. The lowest BCUT2D eigenvalue weighted by Gasteiger charge is -2.18. The Labute approximate surface area is 177 Å². The number of aromatic nitrogens is 3. The zero-order valence-corrected chi connectivity index (χ0v) is 17.0. The van der Waals surface area contributed by atoms with E-state index in [0.717, 1.165) is 44.3 Å². The van der Waals surface area contributed by atoms with Gasteiger partial charge in [-0.2, -0.15) is 18.3 Å². The SMILES string of the molecule is Cc1nc([C@@H]2C[C@H]3CN(CCOCc4ccccc4)C[C@H]3O2)n[nH]1.O=C(O)C(F)(F)F. The van der Waals surface area contributed by atoms with Gasteiger partial charge in [-0.1, -0.05) is 30.3 Å². The Morgan fingerprint density at radius 1 is 1.32 bits per heavy atom. The number of fused-ring (bicyclic) bond motifs is 1. The zero-order chi connectivity index (χ0) is 22.4. The van der Waals surface area contributed by atoms with Gasteiger partial charge in [-0.25, -0.2) is 9.78 Å². The number of hydrogen-bond donors (Lipinski definition) is 2. The van der Waals surface area contributed by atoms with Gasteiger partial charge in [0.25, 0.3) is 0 Å². The van der Waals surface area contributed by atoms with Crippen molar-refractivity contribution in [3.8, 4) is 0 Å². The quantitative estimate of drug-likeness (QED) is 0.664. The Morgan fingerprint density at radius 2 is 2.03 bits per heavy atom. The smallest absolute Gasteiger partial charge is 0.475 e. The first-order chi connectivity index (χ1) is 14.7. The lowest BCUT2D eigenvalue weighted by Crippen LogP contribution is -2.27. The van der Waals surface area contributed by atoms with Crippen LogP contribution in [0.2, 0.25) is 0 Å². The number of nitrogens with zero attached hydrogens (tertiary/aromatic N) is 3. The van der Waals surface area contributed by atoms with Crippen LogP contribution in [0.4, 0.5) is 13.2 Å². The molecule has 11 heteroatoms. The molecule has 3 atom stereocenters. The van der Waals surface area contributed by atoms with Gasteiger partial charge in [0.2, 0.25) is 0 Å². The van der Waals surface area contributed by atoms with Gasteiger partial charge < -0.3 is 14.6 Å². The summed E-state index contributed by atoms with van der Waals surface area (Å²) in [5.41, 5.74) is 1.23. The highest BCUT2D eigenvalue weighted by Crippen LogP contribution is 2.39. The summed E-state index contributed by atoms with van der Waals surface area (Å²) < 4.78 is 43.7. The van der Waals surface area contributed by atoms with Crippen molar-refractivity contribution in [2.45, 2.75) is 38.3 Å². The maximum absolute atomic E-state index is 10.6. The van der Waals surface area contributed by atoms with Crippen LogP contribution in [-0.4, -0.2) is 69.7 Å². The number of carboxylic acid groups (broad SMARTS) is 1. The number of aryl methyl sites for hydroxylation is 1. The number of carboxylic acids is 1.